The molecule has 1 aliphatic rings. The molecule has 1 fully saturated rings. The molecule has 6 nitrogen and oxygen atoms in total. The van der Waals surface area contributed by atoms with Crippen molar-refractivity contribution in [1.29, 1.82) is 0 Å². The normalized spacial score (nSPS) is 25.5. The van der Waals surface area contributed by atoms with Crippen LogP contribution in [0.1, 0.15) is 25.1 Å². The van der Waals surface area contributed by atoms with Gasteiger partial charge in [0.1, 0.15) is 5.54 Å². The van der Waals surface area contributed by atoms with E-state index in [0.29, 0.717) is 18.3 Å². The monoisotopic (exact) mass is 210 g/mol. The van der Waals surface area contributed by atoms with Gasteiger partial charge in [0.25, 0.3) is 0 Å². The third-order valence-corrected chi connectivity index (χ3v) is 2.53. The van der Waals surface area contributed by atoms with Crippen molar-refractivity contribution in [3.05, 3.63) is 11.7 Å². The van der Waals surface area contributed by atoms with Gasteiger partial charge in [-0.05, 0) is 13.0 Å². The lowest BCUT2D eigenvalue weighted by molar-refractivity contribution is -0.120. The summed E-state index contributed by atoms with van der Waals surface area (Å²) in [5, 5.41) is 9.97. The van der Waals surface area contributed by atoms with Crippen molar-refractivity contribution in [1.82, 2.24) is 20.8 Å². The Bertz CT molecular complexity index is 368. The van der Waals surface area contributed by atoms with E-state index in [4.69, 9.17) is 4.52 Å². The predicted molar refractivity (Wildman–Crippen MR) is 52.0 cm³/mol. The van der Waals surface area contributed by atoms with Crippen LogP contribution in [0.5, 0.6) is 0 Å². The van der Waals surface area contributed by atoms with Crippen LogP contribution in [0, 0.1) is 6.92 Å². The maximum absolute atomic E-state index is 11.2. The van der Waals surface area contributed by atoms with Gasteiger partial charge in [-0.3, -0.25) is 4.79 Å². The molecule has 1 saturated heterocycles. The van der Waals surface area contributed by atoms with E-state index in [9.17, 15) is 4.79 Å². The van der Waals surface area contributed by atoms with Gasteiger partial charge in [0, 0.05) is 20.4 Å². The van der Waals surface area contributed by atoms with Gasteiger partial charge >= 0.3 is 0 Å². The highest BCUT2D eigenvalue weighted by molar-refractivity contribution is 5.74. The number of aromatic nitrogens is 2. The Morgan fingerprint density at radius 3 is 2.93 bits per heavy atom. The predicted octanol–water partition coefficient (Wildman–Crippen LogP) is -0.297. The Labute approximate surface area is 87.4 Å². The SMILES string of the molecule is CC(=O)N[C@@]1(c2noc(C)n2)CCNC1. The minimum atomic E-state index is -0.496. The van der Waals surface area contributed by atoms with Gasteiger partial charge in [0.05, 0.1) is 0 Å². The molecule has 1 amide bonds. The molecule has 0 spiro atoms. The van der Waals surface area contributed by atoms with E-state index in [0.717, 1.165) is 13.0 Å². The lowest BCUT2D eigenvalue weighted by atomic mass is 9.97. The molecule has 0 bridgehead atoms. The maximum atomic E-state index is 11.2. The molecule has 1 aromatic heterocycles. The second kappa shape index (κ2) is 3.62. The maximum Gasteiger partial charge on any atom is 0.223 e. The highest BCUT2D eigenvalue weighted by Gasteiger charge is 2.40. The molecule has 1 atom stereocenters. The van der Waals surface area contributed by atoms with Crippen molar-refractivity contribution in [2.24, 2.45) is 0 Å². The summed E-state index contributed by atoms with van der Waals surface area (Å²) in [5.41, 5.74) is -0.496. The zero-order valence-corrected chi connectivity index (χ0v) is 8.83. The Morgan fingerprint density at radius 2 is 2.47 bits per heavy atom. The van der Waals surface area contributed by atoms with E-state index in [1.807, 2.05) is 0 Å². The van der Waals surface area contributed by atoms with Crippen LogP contribution in [0.15, 0.2) is 4.52 Å². The fraction of sp³-hybridized carbons (Fsp3) is 0.667. The number of hydrogen-bond acceptors (Lipinski definition) is 5. The second-order valence-electron chi connectivity index (χ2n) is 3.83. The quantitative estimate of drug-likeness (QED) is 0.700. The number of amides is 1. The van der Waals surface area contributed by atoms with Crippen LogP contribution in [-0.2, 0) is 10.3 Å². The Hall–Kier alpha value is -1.43. The van der Waals surface area contributed by atoms with E-state index in [1.165, 1.54) is 6.92 Å². The highest BCUT2D eigenvalue weighted by Crippen LogP contribution is 2.25. The average molecular weight is 210 g/mol. The molecule has 0 aromatic carbocycles. The second-order valence-corrected chi connectivity index (χ2v) is 3.83. The van der Waals surface area contributed by atoms with Crippen LogP contribution in [0.3, 0.4) is 0 Å². The number of hydrogen-bond donors (Lipinski definition) is 2. The minimum absolute atomic E-state index is 0.0823. The van der Waals surface area contributed by atoms with Crippen LogP contribution < -0.4 is 10.6 Å². The number of carbonyl (C=O) groups is 1. The first-order chi connectivity index (χ1) is 7.12. The minimum Gasteiger partial charge on any atom is -0.342 e. The van der Waals surface area contributed by atoms with Crippen LogP contribution in [0.25, 0.3) is 0 Å². The van der Waals surface area contributed by atoms with Crippen LogP contribution in [0.4, 0.5) is 0 Å². The molecular formula is C9H14N4O2. The van der Waals surface area contributed by atoms with E-state index in [1.54, 1.807) is 6.92 Å². The Kier molecular flexibility index (Phi) is 2.44. The molecule has 1 aromatic rings. The number of aryl methyl sites for hydroxylation is 1. The lowest BCUT2D eigenvalue weighted by Gasteiger charge is -2.24. The van der Waals surface area contributed by atoms with Crippen LogP contribution >= 0.6 is 0 Å². The molecule has 2 heterocycles. The van der Waals surface area contributed by atoms with Gasteiger partial charge in [-0.15, -0.1) is 0 Å². The summed E-state index contributed by atoms with van der Waals surface area (Å²) in [6, 6.07) is 0. The first-order valence-corrected chi connectivity index (χ1v) is 4.93. The largest absolute Gasteiger partial charge is 0.342 e. The molecule has 6 heteroatoms. The Balaban J connectivity index is 2.29. The fourth-order valence-electron chi connectivity index (χ4n) is 1.88. The number of nitrogens with zero attached hydrogens (tertiary/aromatic N) is 2. The van der Waals surface area contributed by atoms with Gasteiger partial charge < -0.3 is 15.2 Å². The van der Waals surface area contributed by atoms with Gasteiger partial charge in [-0.1, -0.05) is 5.16 Å². The Morgan fingerprint density at radius 1 is 1.67 bits per heavy atom. The third-order valence-electron chi connectivity index (χ3n) is 2.53. The van der Waals surface area contributed by atoms with Crippen LogP contribution in [-0.4, -0.2) is 29.1 Å². The van der Waals surface area contributed by atoms with E-state index < -0.39 is 5.54 Å². The molecule has 82 valence electrons. The van der Waals surface area contributed by atoms with E-state index >= 15 is 0 Å². The zero-order chi connectivity index (χ0) is 10.9. The summed E-state index contributed by atoms with van der Waals surface area (Å²) in [4.78, 5) is 15.3. The van der Waals surface area contributed by atoms with Crippen molar-refractivity contribution < 1.29 is 9.32 Å². The van der Waals surface area contributed by atoms with Gasteiger partial charge in [0.2, 0.25) is 11.8 Å². The summed E-state index contributed by atoms with van der Waals surface area (Å²) >= 11 is 0. The van der Waals surface area contributed by atoms with Crippen molar-refractivity contribution in [3.8, 4) is 0 Å². The molecule has 0 saturated carbocycles. The van der Waals surface area contributed by atoms with Gasteiger partial charge in [-0.2, -0.15) is 4.98 Å². The summed E-state index contributed by atoms with van der Waals surface area (Å²) < 4.78 is 4.94. The smallest absolute Gasteiger partial charge is 0.223 e. The summed E-state index contributed by atoms with van der Waals surface area (Å²) in [6.07, 6.45) is 0.783. The van der Waals surface area contributed by atoms with Crippen molar-refractivity contribution >= 4 is 5.91 Å². The standard InChI is InChI=1S/C9H14N4O2/c1-6(14)12-9(3-4-10-5-9)8-11-7(2)15-13-8/h10H,3-5H2,1-2H3,(H,12,14)/t9-/m0/s1. The first kappa shape index (κ1) is 10.1. The third kappa shape index (κ3) is 1.85. The summed E-state index contributed by atoms with van der Waals surface area (Å²) in [5.74, 6) is 0.989. The van der Waals surface area contributed by atoms with Crippen molar-refractivity contribution in [2.45, 2.75) is 25.8 Å². The van der Waals surface area contributed by atoms with Gasteiger partial charge in [-0.25, -0.2) is 0 Å². The zero-order valence-electron chi connectivity index (χ0n) is 8.83. The molecule has 15 heavy (non-hydrogen) atoms. The topological polar surface area (TPSA) is 80.1 Å². The number of rotatable bonds is 2. The average Bonchev–Trinajstić information content (AvgIpc) is 2.73. The van der Waals surface area contributed by atoms with Crippen molar-refractivity contribution in [2.75, 3.05) is 13.1 Å². The molecule has 0 unspecified atom stereocenters. The number of nitrogens with one attached hydrogen (secondary N) is 2. The highest BCUT2D eigenvalue weighted by atomic mass is 16.5. The molecule has 0 aliphatic carbocycles. The van der Waals surface area contributed by atoms with E-state index in [-0.39, 0.29) is 5.91 Å². The molecule has 1 aliphatic heterocycles. The summed E-state index contributed by atoms with van der Waals surface area (Å²) in [6.45, 7) is 4.72. The lowest BCUT2D eigenvalue weighted by Crippen LogP contribution is -2.47. The molecular weight excluding hydrogens is 196 g/mol. The molecule has 2 N–H and O–H groups in total. The number of carbonyl (C=O) groups excluding carboxylic acids is 1. The van der Waals surface area contributed by atoms with E-state index in [2.05, 4.69) is 20.8 Å². The molecule has 2 rings (SSSR count). The molecule has 0 radical (unpaired) electrons. The summed E-state index contributed by atoms with van der Waals surface area (Å²) in [7, 11) is 0. The van der Waals surface area contributed by atoms with Crippen molar-refractivity contribution in [3.63, 3.8) is 0 Å². The van der Waals surface area contributed by atoms with Gasteiger partial charge in [0.15, 0.2) is 5.82 Å². The fourth-order valence-corrected chi connectivity index (χ4v) is 1.88. The first-order valence-electron chi connectivity index (χ1n) is 4.93. The van der Waals surface area contributed by atoms with Crippen LogP contribution in [0.2, 0.25) is 0 Å².